The summed E-state index contributed by atoms with van der Waals surface area (Å²) in [5.74, 6) is 0.495. The zero-order chi connectivity index (χ0) is 15.1. The number of aromatic hydroxyl groups is 2. The van der Waals surface area contributed by atoms with Gasteiger partial charge in [0.25, 0.3) is 0 Å². The Kier molecular flexibility index (Phi) is 2.76. The van der Waals surface area contributed by atoms with Crippen molar-refractivity contribution >= 4 is 21.5 Å². The van der Waals surface area contributed by atoms with Crippen molar-refractivity contribution < 1.29 is 10.2 Å². The fourth-order valence-electron chi connectivity index (χ4n) is 2.96. The Morgan fingerprint density at radius 1 is 0.500 bits per heavy atom. The van der Waals surface area contributed by atoms with Gasteiger partial charge in [0.15, 0.2) is 0 Å². The molecule has 0 aliphatic carbocycles. The lowest BCUT2D eigenvalue weighted by atomic mass is 9.95. The van der Waals surface area contributed by atoms with Crippen molar-refractivity contribution in [2.24, 2.45) is 0 Å². The highest BCUT2D eigenvalue weighted by Crippen LogP contribution is 2.39. The predicted octanol–water partition coefficient (Wildman–Crippen LogP) is 5.07. The molecular weight excluding hydrogens is 272 g/mol. The van der Waals surface area contributed by atoms with E-state index in [4.69, 9.17) is 0 Å². The highest BCUT2D eigenvalue weighted by molar-refractivity contribution is 6.03. The van der Waals surface area contributed by atoms with Gasteiger partial charge in [-0.25, -0.2) is 0 Å². The number of fused-ring (bicyclic) bond motifs is 2. The van der Waals surface area contributed by atoms with Gasteiger partial charge < -0.3 is 10.2 Å². The van der Waals surface area contributed by atoms with Gasteiger partial charge in [-0.3, -0.25) is 0 Å². The van der Waals surface area contributed by atoms with Gasteiger partial charge in [-0.15, -0.1) is 0 Å². The first kappa shape index (κ1) is 12.7. The minimum absolute atomic E-state index is 0.245. The molecule has 0 aliphatic rings. The molecule has 4 aromatic carbocycles. The summed E-state index contributed by atoms with van der Waals surface area (Å²) in [4.78, 5) is 0. The zero-order valence-corrected chi connectivity index (χ0v) is 11.8. The predicted molar refractivity (Wildman–Crippen MR) is 90.2 cm³/mol. The molecule has 0 amide bonds. The number of phenolic OH excluding ortho intramolecular Hbond substituents is 2. The summed E-state index contributed by atoms with van der Waals surface area (Å²) in [7, 11) is 0. The highest BCUT2D eigenvalue weighted by Gasteiger charge is 2.11. The molecule has 0 spiro atoms. The van der Waals surface area contributed by atoms with E-state index in [9.17, 15) is 10.2 Å². The fraction of sp³-hybridized carbons (Fsp3) is 0. The largest absolute Gasteiger partial charge is 0.507 e. The van der Waals surface area contributed by atoms with Crippen molar-refractivity contribution in [3.63, 3.8) is 0 Å². The Morgan fingerprint density at radius 3 is 1.91 bits per heavy atom. The van der Waals surface area contributed by atoms with E-state index in [0.717, 1.165) is 32.7 Å². The van der Waals surface area contributed by atoms with Crippen molar-refractivity contribution in [1.82, 2.24) is 0 Å². The van der Waals surface area contributed by atoms with Gasteiger partial charge in [-0.2, -0.15) is 0 Å². The van der Waals surface area contributed by atoms with Crippen LogP contribution in [0.2, 0.25) is 0 Å². The van der Waals surface area contributed by atoms with Crippen LogP contribution in [0, 0.1) is 0 Å². The first-order valence-corrected chi connectivity index (χ1v) is 7.17. The number of hydrogen-bond donors (Lipinski definition) is 2. The Balaban J connectivity index is 2.07. The van der Waals surface area contributed by atoms with E-state index in [-0.39, 0.29) is 11.5 Å². The van der Waals surface area contributed by atoms with E-state index < -0.39 is 0 Å². The van der Waals surface area contributed by atoms with Crippen molar-refractivity contribution in [3.8, 4) is 22.6 Å². The molecule has 0 atom stereocenters. The molecule has 0 bridgehead atoms. The second-order valence-corrected chi connectivity index (χ2v) is 5.39. The van der Waals surface area contributed by atoms with Crippen molar-refractivity contribution in [2.45, 2.75) is 0 Å². The molecule has 4 aromatic rings. The average Bonchev–Trinajstić information content (AvgIpc) is 2.55. The summed E-state index contributed by atoms with van der Waals surface area (Å²) in [5, 5.41) is 24.2. The molecule has 2 heteroatoms. The Bertz CT molecular complexity index is 1000. The van der Waals surface area contributed by atoms with E-state index in [1.807, 2.05) is 60.7 Å². The van der Waals surface area contributed by atoms with Crippen LogP contribution in [0.5, 0.6) is 11.5 Å². The van der Waals surface area contributed by atoms with Gasteiger partial charge in [0, 0.05) is 10.9 Å². The molecule has 0 fully saturated rings. The number of phenols is 2. The maximum Gasteiger partial charge on any atom is 0.124 e. The van der Waals surface area contributed by atoms with E-state index in [1.165, 1.54) is 0 Å². The van der Waals surface area contributed by atoms with Crippen LogP contribution in [0.4, 0.5) is 0 Å². The minimum Gasteiger partial charge on any atom is -0.507 e. The van der Waals surface area contributed by atoms with Crippen LogP contribution >= 0.6 is 0 Å². The molecule has 4 rings (SSSR count). The maximum atomic E-state index is 10.4. The Morgan fingerprint density at radius 2 is 1.14 bits per heavy atom. The Labute approximate surface area is 127 Å². The van der Waals surface area contributed by atoms with E-state index >= 15 is 0 Å². The second-order valence-electron chi connectivity index (χ2n) is 5.39. The molecule has 106 valence electrons. The first-order chi connectivity index (χ1) is 10.7. The van der Waals surface area contributed by atoms with Gasteiger partial charge >= 0.3 is 0 Å². The zero-order valence-electron chi connectivity index (χ0n) is 11.8. The topological polar surface area (TPSA) is 40.5 Å². The van der Waals surface area contributed by atoms with Crippen LogP contribution in [-0.4, -0.2) is 10.2 Å². The molecule has 0 heterocycles. The van der Waals surface area contributed by atoms with Crippen molar-refractivity contribution in [2.75, 3.05) is 0 Å². The summed E-state index contributed by atoms with van der Waals surface area (Å²) in [5.41, 5.74) is 1.69. The van der Waals surface area contributed by atoms with Crippen LogP contribution in [0.15, 0.2) is 72.8 Å². The van der Waals surface area contributed by atoms with Gasteiger partial charge in [0.05, 0.1) is 0 Å². The van der Waals surface area contributed by atoms with E-state index in [2.05, 4.69) is 0 Å². The standard InChI is InChI=1S/C20H14O2/c21-19-10-9-16(15-7-3-4-8-17(15)19)18-11-13-5-1-2-6-14(13)12-20(18)22/h1-12,21-22H. The lowest BCUT2D eigenvalue weighted by molar-refractivity contribution is 0.477. The highest BCUT2D eigenvalue weighted by atomic mass is 16.3. The second kappa shape index (κ2) is 4.78. The normalized spacial score (nSPS) is 11.1. The molecule has 0 aromatic heterocycles. The molecule has 2 nitrogen and oxygen atoms in total. The van der Waals surface area contributed by atoms with Gasteiger partial charge in [-0.1, -0.05) is 48.5 Å². The van der Waals surface area contributed by atoms with E-state index in [1.54, 1.807) is 12.1 Å². The summed E-state index contributed by atoms with van der Waals surface area (Å²) in [6, 6.07) is 22.9. The smallest absolute Gasteiger partial charge is 0.124 e. The maximum absolute atomic E-state index is 10.4. The van der Waals surface area contributed by atoms with Crippen LogP contribution in [0.1, 0.15) is 0 Å². The van der Waals surface area contributed by atoms with Gasteiger partial charge in [0.1, 0.15) is 11.5 Å². The lowest BCUT2D eigenvalue weighted by Gasteiger charge is -2.11. The molecular formula is C20H14O2. The Hall–Kier alpha value is -3.00. The third-order valence-electron chi connectivity index (χ3n) is 4.06. The summed E-state index contributed by atoms with van der Waals surface area (Å²) in [6.07, 6.45) is 0. The van der Waals surface area contributed by atoms with Gasteiger partial charge in [0.2, 0.25) is 0 Å². The van der Waals surface area contributed by atoms with Crippen LogP contribution < -0.4 is 0 Å². The molecule has 22 heavy (non-hydrogen) atoms. The van der Waals surface area contributed by atoms with E-state index in [0.29, 0.717) is 0 Å². The van der Waals surface area contributed by atoms with Crippen molar-refractivity contribution in [1.29, 1.82) is 0 Å². The molecule has 0 unspecified atom stereocenters. The summed E-state index contributed by atoms with van der Waals surface area (Å²) >= 11 is 0. The van der Waals surface area contributed by atoms with Crippen LogP contribution in [0.3, 0.4) is 0 Å². The summed E-state index contributed by atoms with van der Waals surface area (Å²) < 4.78 is 0. The third-order valence-corrected chi connectivity index (χ3v) is 4.06. The SMILES string of the molecule is Oc1cc2ccccc2cc1-c1ccc(O)c2ccccc12. The number of benzene rings is 4. The quantitative estimate of drug-likeness (QED) is 0.513. The van der Waals surface area contributed by atoms with Crippen LogP contribution in [-0.2, 0) is 0 Å². The molecule has 0 saturated heterocycles. The third kappa shape index (κ3) is 1.89. The monoisotopic (exact) mass is 286 g/mol. The molecule has 2 N–H and O–H groups in total. The van der Waals surface area contributed by atoms with Crippen LogP contribution in [0.25, 0.3) is 32.7 Å². The summed E-state index contributed by atoms with van der Waals surface area (Å²) in [6.45, 7) is 0. The van der Waals surface area contributed by atoms with Crippen molar-refractivity contribution in [3.05, 3.63) is 72.8 Å². The average molecular weight is 286 g/mol. The number of rotatable bonds is 1. The molecule has 0 radical (unpaired) electrons. The fourth-order valence-corrected chi connectivity index (χ4v) is 2.96. The lowest BCUT2D eigenvalue weighted by Crippen LogP contribution is -1.84. The molecule has 0 saturated carbocycles. The number of hydrogen-bond acceptors (Lipinski definition) is 2. The molecule has 0 aliphatic heterocycles. The minimum atomic E-state index is 0.245. The van der Waals surface area contributed by atoms with Gasteiger partial charge in [-0.05, 0) is 46.0 Å². The first-order valence-electron chi connectivity index (χ1n) is 7.17.